The van der Waals surface area contributed by atoms with Gasteiger partial charge in [-0.25, -0.2) is 18.4 Å². The van der Waals surface area contributed by atoms with E-state index in [4.69, 9.17) is 14.6 Å². The Morgan fingerprint density at radius 3 is 2.48 bits per heavy atom. The number of aryl methyl sites for hydroxylation is 1. The number of nitrogens with two attached hydrogens (primary N) is 1. The molecule has 0 aliphatic rings. The number of hydrogen-bond donors (Lipinski definition) is 2. The van der Waals surface area contributed by atoms with Crippen LogP contribution in [0.25, 0.3) is 0 Å². The summed E-state index contributed by atoms with van der Waals surface area (Å²) < 4.78 is 32.7. The third-order valence-corrected chi connectivity index (χ3v) is 4.16. The zero-order valence-corrected chi connectivity index (χ0v) is 14.0. The summed E-state index contributed by atoms with van der Waals surface area (Å²) in [6.07, 6.45) is 0. The summed E-state index contributed by atoms with van der Waals surface area (Å²) in [5, 5.41) is 7.62. The van der Waals surface area contributed by atoms with Crippen LogP contribution in [0.5, 0.6) is 0 Å². The Kier molecular flexibility index (Phi) is 6.67. The highest BCUT2D eigenvalue weighted by Crippen LogP contribution is 2.20. The first kappa shape index (κ1) is 19.1. The second-order valence-corrected chi connectivity index (χ2v) is 6.41. The second kappa shape index (κ2) is 8.04. The van der Waals surface area contributed by atoms with Crippen molar-refractivity contribution in [3.63, 3.8) is 0 Å². The van der Waals surface area contributed by atoms with E-state index in [0.717, 1.165) is 6.07 Å². The van der Waals surface area contributed by atoms with Gasteiger partial charge in [0.1, 0.15) is 0 Å². The molecule has 0 saturated carbocycles. The molecule has 9 heteroatoms. The van der Waals surface area contributed by atoms with Gasteiger partial charge in [0.2, 0.25) is 10.0 Å². The number of esters is 1. The SMILES string of the molecule is COCCNC(=O)COC(=O)c1cc(C)c(C)c(S(N)(=O)=O)c1. The number of rotatable bonds is 7. The molecule has 0 heterocycles. The number of primary sulfonamides is 1. The Labute approximate surface area is 135 Å². The average Bonchev–Trinajstić information content (AvgIpc) is 2.46. The van der Waals surface area contributed by atoms with Crippen LogP contribution in [-0.4, -0.2) is 47.2 Å². The lowest BCUT2D eigenvalue weighted by atomic mass is 10.1. The zero-order chi connectivity index (χ0) is 17.6. The van der Waals surface area contributed by atoms with Crippen LogP contribution in [0.4, 0.5) is 0 Å². The molecule has 8 nitrogen and oxygen atoms in total. The summed E-state index contributed by atoms with van der Waals surface area (Å²) in [6, 6.07) is 2.62. The first-order chi connectivity index (χ1) is 10.7. The number of methoxy groups -OCH3 is 1. The summed E-state index contributed by atoms with van der Waals surface area (Å²) in [6.45, 7) is 3.41. The molecule has 0 fully saturated rings. The minimum atomic E-state index is -3.96. The standard InChI is InChI=1S/C14H20N2O6S/c1-9-6-11(7-12(10(9)2)23(15,19)20)14(18)22-8-13(17)16-4-5-21-3/h6-7H,4-5,8H2,1-3H3,(H,16,17)(H2,15,19,20). The van der Waals surface area contributed by atoms with E-state index in [1.165, 1.54) is 13.2 Å². The third-order valence-electron chi connectivity index (χ3n) is 3.12. The lowest BCUT2D eigenvalue weighted by Crippen LogP contribution is -2.31. The van der Waals surface area contributed by atoms with Crippen molar-refractivity contribution in [1.82, 2.24) is 5.32 Å². The minimum Gasteiger partial charge on any atom is -0.452 e. The fourth-order valence-electron chi connectivity index (χ4n) is 1.80. The van der Waals surface area contributed by atoms with Crippen molar-refractivity contribution >= 4 is 21.9 Å². The predicted molar refractivity (Wildman–Crippen MR) is 82.5 cm³/mol. The van der Waals surface area contributed by atoms with Gasteiger partial charge in [0.25, 0.3) is 5.91 Å². The molecule has 128 valence electrons. The summed E-state index contributed by atoms with van der Waals surface area (Å²) in [5.74, 6) is -1.29. The Morgan fingerprint density at radius 1 is 1.26 bits per heavy atom. The van der Waals surface area contributed by atoms with E-state index in [0.29, 0.717) is 24.3 Å². The molecule has 0 unspecified atom stereocenters. The second-order valence-electron chi connectivity index (χ2n) is 4.88. The van der Waals surface area contributed by atoms with Crippen LogP contribution < -0.4 is 10.5 Å². The molecule has 1 amide bonds. The van der Waals surface area contributed by atoms with Crippen LogP contribution >= 0.6 is 0 Å². The predicted octanol–water partition coefficient (Wildman–Crippen LogP) is -0.130. The topological polar surface area (TPSA) is 125 Å². The van der Waals surface area contributed by atoms with Gasteiger partial charge in [0.05, 0.1) is 17.1 Å². The number of sulfonamides is 1. The highest BCUT2D eigenvalue weighted by Gasteiger charge is 2.18. The molecule has 1 aromatic carbocycles. The van der Waals surface area contributed by atoms with Gasteiger partial charge in [-0.05, 0) is 37.1 Å². The van der Waals surface area contributed by atoms with Crippen LogP contribution in [-0.2, 0) is 24.3 Å². The average molecular weight is 344 g/mol. The molecule has 23 heavy (non-hydrogen) atoms. The molecule has 0 saturated heterocycles. The molecular formula is C14H20N2O6S. The third kappa shape index (κ3) is 5.62. The normalized spacial score (nSPS) is 11.1. The summed E-state index contributed by atoms with van der Waals surface area (Å²) in [4.78, 5) is 23.3. The lowest BCUT2D eigenvalue weighted by molar-refractivity contribution is -0.124. The number of carbonyl (C=O) groups excluding carboxylic acids is 2. The summed E-state index contributed by atoms with van der Waals surface area (Å²) >= 11 is 0. The molecule has 3 N–H and O–H groups in total. The van der Waals surface area contributed by atoms with Gasteiger partial charge in [-0.1, -0.05) is 0 Å². The van der Waals surface area contributed by atoms with Crippen molar-refractivity contribution in [2.75, 3.05) is 26.9 Å². The molecule has 1 aromatic rings. The molecular weight excluding hydrogens is 324 g/mol. The highest BCUT2D eigenvalue weighted by molar-refractivity contribution is 7.89. The van der Waals surface area contributed by atoms with Gasteiger partial charge in [0.15, 0.2) is 6.61 Å². The van der Waals surface area contributed by atoms with E-state index in [9.17, 15) is 18.0 Å². The number of nitrogens with one attached hydrogen (secondary N) is 1. The zero-order valence-electron chi connectivity index (χ0n) is 13.2. The first-order valence-electron chi connectivity index (χ1n) is 6.73. The maximum atomic E-state index is 12.0. The van der Waals surface area contributed by atoms with Crippen LogP contribution in [0.1, 0.15) is 21.5 Å². The molecule has 0 aliphatic carbocycles. The maximum Gasteiger partial charge on any atom is 0.338 e. The Morgan fingerprint density at radius 2 is 1.91 bits per heavy atom. The monoisotopic (exact) mass is 344 g/mol. The number of benzene rings is 1. The largest absolute Gasteiger partial charge is 0.452 e. The van der Waals surface area contributed by atoms with E-state index in [2.05, 4.69) is 5.32 Å². The Hall–Kier alpha value is -1.97. The van der Waals surface area contributed by atoms with Crippen LogP contribution in [0.15, 0.2) is 17.0 Å². The molecule has 0 radical (unpaired) electrons. The number of hydrogen-bond acceptors (Lipinski definition) is 6. The van der Waals surface area contributed by atoms with E-state index in [-0.39, 0.29) is 10.5 Å². The van der Waals surface area contributed by atoms with Crippen LogP contribution in [0.3, 0.4) is 0 Å². The molecule has 0 aliphatic heterocycles. The smallest absolute Gasteiger partial charge is 0.338 e. The van der Waals surface area contributed by atoms with Crippen molar-refractivity contribution in [2.45, 2.75) is 18.7 Å². The van der Waals surface area contributed by atoms with E-state index >= 15 is 0 Å². The van der Waals surface area contributed by atoms with Crippen LogP contribution in [0, 0.1) is 13.8 Å². The lowest BCUT2D eigenvalue weighted by Gasteiger charge is -2.10. The first-order valence-corrected chi connectivity index (χ1v) is 8.28. The number of ether oxygens (including phenoxy) is 2. The van der Waals surface area contributed by atoms with Gasteiger partial charge >= 0.3 is 5.97 Å². The van der Waals surface area contributed by atoms with Gasteiger partial charge in [-0.3, -0.25) is 4.79 Å². The van der Waals surface area contributed by atoms with Gasteiger partial charge in [-0.2, -0.15) is 0 Å². The Bertz CT molecular complexity index is 699. The van der Waals surface area contributed by atoms with E-state index < -0.39 is 28.5 Å². The van der Waals surface area contributed by atoms with Crippen molar-refractivity contribution in [3.05, 3.63) is 28.8 Å². The van der Waals surface area contributed by atoms with Crippen LogP contribution in [0.2, 0.25) is 0 Å². The van der Waals surface area contributed by atoms with Crippen molar-refractivity contribution < 1.29 is 27.5 Å². The minimum absolute atomic E-state index is 0.0156. The van der Waals surface area contributed by atoms with Crippen molar-refractivity contribution in [1.29, 1.82) is 0 Å². The molecule has 1 rings (SSSR count). The highest BCUT2D eigenvalue weighted by atomic mass is 32.2. The van der Waals surface area contributed by atoms with Gasteiger partial charge < -0.3 is 14.8 Å². The maximum absolute atomic E-state index is 12.0. The number of carbonyl (C=O) groups is 2. The summed E-state index contributed by atoms with van der Waals surface area (Å²) in [5.41, 5.74) is 1.05. The quantitative estimate of drug-likeness (QED) is 0.524. The van der Waals surface area contributed by atoms with E-state index in [1.807, 2.05) is 0 Å². The van der Waals surface area contributed by atoms with Gasteiger partial charge in [-0.15, -0.1) is 0 Å². The summed E-state index contributed by atoms with van der Waals surface area (Å²) in [7, 11) is -2.46. The fraction of sp³-hybridized carbons (Fsp3) is 0.429. The fourth-order valence-corrected chi connectivity index (χ4v) is 2.68. The number of amides is 1. The van der Waals surface area contributed by atoms with Gasteiger partial charge in [0, 0.05) is 13.7 Å². The molecule has 0 aromatic heterocycles. The van der Waals surface area contributed by atoms with Crippen molar-refractivity contribution in [3.8, 4) is 0 Å². The molecule has 0 bridgehead atoms. The van der Waals surface area contributed by atoms with E-state index in [1.54, 1.807) is 13.8 Å². The van der Waals surface area contributed by atoms with Crippen molar-refractivity contribution in [2.24, 2.45) is 5.14 Å². The molecule has 0 spiro atoms. The molecule has 0 atom stereocenters. The Balaban J connectivity index is 2.81.